The van der Waals surface area contributed by atoms with Crippen LogP contribution in [0, 0.1) is 5.41 Å². The molecule has 2 nitrogen and oxygen atoms in total. The predicted octanol–water partition coefficient (Wildman–Crippen LogP) is 4.03. The molecule has 1 aliphatic heterocycles. The Balaban J connectivity index is 2.56. The minimum Gasteiger partial charge on any atom is -0.469 e. The number of ether oxygens (including phenoxy) is 1. The Morgan fingerprint density at radius 2 is 1.75 bits per heavy atom. The summed E-state index contributed by atoms with van der Waals surface area (Å²) in [7, 11) is 0. The van der Waals surface area contributed by atoms with Crippen LogP contribution in [0.4, 0.5) is 5.69 Å². The summed E-state index contributed by atoms with van der Waals surface area (Å²) < 4.78 is 6.01. The van der Waals surface area contributed by atoms with E-state index >= 15 is 0 Å². The lowest BCUT2D eigenvalue weighted by molar-refractivity contribution is 0.0732. The molecule has 1 aromatic carbocycles. The summed E-state index contributed by atoms with van der Waals surface area (Å²) in [6, 6.07) is 8.18. The van der Waals surface area contributed by atoms with Crippen LogP contribution in [0.5, 0.6) is 0 Å². The van der Waals surface area contributed by atoms with Gasteiger partial charge in [-0.05, 0) is 19.9 Å². The van der Waals surface area contributed by atoms with Crippen molar-refractivity contribution in [1.82, 2.24) is 0 Å². The molecule has 0 saturated heterocycles. The van der Waals surface area contributed by atoms with E-state index in [-0.39, 0.29) is 11.0 Å². The predicted molar refractivity (Wildman–Crippen MR) is 67.1 cm³/mol. The monoisotopic (exact) mass is 217 g/mol. The van der Waals surface area contributed by atoms with Gasteiger partial charge in [-0.3, -0.25) is 0 Å². The van der Waals surface area contributed by atoms with E-state index in [1.165, 1.54) is 0 Å². The van der Waals surface area contributed by atoms with Gasteiger partial charge in [0.15, 0.2) is 5.90 Å². The fourth-order valence-corrected chi connectivity index (χ4v) is 1.83. The van der Waals surface area contributed by atoms with Gasteiger partial charge < -0.3 is 4.74 Å². The maximum atomic E-state index is 6.01. The Morgan fingerprint density at radius 3 is 2.38 bits per heavy atom. The van der Waals surface area contributed by atoms with Gasteiger partial charge in [0.2, 0.25) is 0 Å². The van der Waals surface area contributed by atoms with Gasteiger partial charge in [-0.25, -0.2) is 4.99 Å². The molecule has 0 amide bonds. The molecule has 86 valence electrons. The van der Waals surface area contributed by atoms with E-state index in [0.29, 0.717) is 0 Å². The van der Waals surface area contributed by atoms with Crippen molar-refractivity contribution in [3.05, 3.63) is 29.8 Å². The maximum Gasteiger partial charge on any atom is 0.194 e. The zero-order valence-electron chi connectivity index (χ0n) is 10.7. The number of hydrogen-bond donors (Lipinski definition) is 0. The van der Waals surface area contributed by atoms with Crippen molar-refractivity contribution < 1.29 is 4.74 Å². The topological polar surface area (TPSA) is 21.6 Å². The van der Waals surface area contributed by atoms with E-state index in [1.807, 2.05) is 18.2 Å². The molecule has 0 radical (unpaired) electrons. The third kappa shape index (κ3) is 1.84. The highest BCUT2D eigenvalue weighted by atomic mass is 16.5. The lowest BCUT2D eigenvalue weighted by Crippen LogP contribution is -2.35. The van der Waals surface area contributed by atoms with Crippen molar-refractivity contribution >= 4 is 11.6 Å². The zero-order valence-corrected chi connectivity index (χ0v) is 10.7. The highest BCUT2D eigenvalue weighted by Gasteiger charge is 2.35. The van der Waals surface area contributed by atoms with Gasteiger partial charge in [0.1, 0.15) is 5.60 Å². The standard InChI is InChI=1S/C14H19NO/c1-13(2,3)12-15-11-9-7-6-8-10(11)14(4,5)16-12/h6-9H,1-5H3. The molecular formula is C14H19NO. The van der Waals surface area contributed by atoms with E-state index in [2.05, 4.69) is 45.7 Å². The van der Waals surface area contributed by atoms with Gasteiger partial charge >= 0.3 is 0 Å². The van der Waals surface area contributed by atoms with E-state index in [0.717, 1.165) is 17.1 Å². The second kappa shape index (κ2) is 3.34. The van der Waals surface area contributed by atoms with Gasteiger partial charge in [0.05, 0.1) is 5.69 Å². The van der Waals surface area contributed by atoms with E-state index in [1.54, 1.807) is 0 Å². The van der Waals surface area contributed by atoms with Crippen molar-refractivity contribution in [2.75, 3.05) is 0 Å². The van der Waals surface area contributed by atoms with Crippen LogP contribution in [0.15, 0.2) is 29.3 Å². The Morgan fingerprint density at radius 1 is 1.12 bits per heavy atom. The Kier molecular flexibility index (Phi) is 2.33. The molecule has 0 N–H and O–H groups in total. The van der Waals surface area contributed by atoms with E-state index < -0.39 is 0 Å². The normalized spacial score (nSPS) is 18.4. The van der Waals surface area contributed by atoms with Crippen LogP contribution >= 0.6 is 0 Å². The van der Waals surface area contributed by atoms with Crippen molar-refractivity contribution in [1.29, 1.82) is 0 Å². The number of benzene rings is 1. The van der Waals surface area contributed by atoms with Gasteiger partial charge in [-0.2, -0.15) is 0 Å². The maximum absolute atomic E-state index is 6.01. The van der Waals surface area contributed by atoms with Gasteiger partial charge in [-0.1, -0.05) is 39.0 Å². The average Bonchev–Trinajstić information content (AvgIpc) is 2.15. The van der Waals surface area contributed by atoms with Gasteiger partial charge in [-0.15, -0.1) is 0 Å². The van der Waals surface area contributed by atoms with Crippen LogP contribution in [-0.2, 0) is 10.3 Å². The molecule has 1 aliphatic rings. The average molecular weight is 217 g/mol. The second-order valence-electron chi connectivity index (χ2n) is 5.80. The van der Waals surface area contributed by atoms with Crippen molar-refractivity contribution in [3.8, 4) is 0 Å². The van der Waals surface area contributed by atoms with Crippen LogP contribution < -0.4 is 0 Å². The van der Waals surface area contributed by atoms with Crippen LogP contribution in [0.1, 0.15) is 40.2 Å². The molecule has 0 atom stereocenters. The Bertz CT molecular complexity index is 438. The lowest BCUT2D eigenvalue weighted by atomic mass is 9.91. The highest BCUT2D eigenvalue weighted by Crippen LogP contribution is 2.39. The lowest BCUT2D eigenvalue weighted by Gasteiger charge is -2.36. The Hall–Kier alpha value is -1.31. The SMILES string of the molecule is CC(C)(C)C1=Nc2ccccc2C(C)(C)O1. The summed E-state index contributed by atoms with van der Waals surface area (Å²) in [5.41, 5.74) is 1.85. The minimum atomic E-state index is -0.291. The third-order valence-corrected chi connectivity index (χ3v) is 2.77. The first-order valence-electron chi connectivity index (χ1n) is 5.68. The molecule has 0 saturated carbocycles. The van der Waals surface area contributed by atoms with Crippen molar-refractivity contribution in [2.45, 2.75) is 40.2 Å². The van der Waals surface area contributed by atoms with Crippen LogP contribution in [0.2, 0.25) is 0 Å². The fourth-order valence-electron chi connectivity index (χ4n) is 1.83. The van der Waals surface area contributed by atoms with E-state index in [9.17, 15) is 0 Å². The number of fused-ring (bicyclic) bond motifs is 1. The second-order valence-corrected chi connectivity index (χ2v) is 5.80. The summed E-state index contributed by atoms with van der Waals surface area (Å²) in [4.78, 5) is 4.61. The summed E-state index contributed by atoms with van der Waals surface area (Å²) in [6.45, 7) is 10.5. The quantitative estimate of drug-likeness (QED) is 0.643. The molecule has 0 aromatic heterocycles. The van der Waals surface area contributed by atoms with Gasteiger partial charge in [0, 0.05) is 11.0 Å². The van der Waals surface area contributed by atoms with Crippen molar-refractivity contribution in [3.63, 3.8) is 0 Å². The first-order chi connectivity index (χ1) is 7.31. The largest absolute Gasteiger partial charge is 0.469 e. The first-order valence-corrected chi connectivity index (χ1v) is 5.68. The minimum absolute atomic E-state index is 0.0508. The molecule has 16 heavy (non-hydrogen) atoms. The number of rotatable bonds is 0. The Labute approximate surface area is 97.4 Å². The van der Waals surface area contributed by atoms with Gasteiger partial charge in [0.25, 0.3) is 0 Å². The van der Waals surface area contributed by atoms with Crippen LogP contribution in [0.3, 0.4) is 0 Å². The summed E-state index contributed by atoms with van der Waals surface area (Å²) >= 11 is 0. The highest BCUT2D eigenvalue weighted by molar-refractivity contribution is 5.86. The van der Waals surface area contributed by atoms with Crippen LogP contribution in [0.25, 0.3) is 0 Å². The molecule has 0 fully saturated rings. The third-order valence-electron chi connectivity index (χ3n) is 2.77. The molecule has 0 spiro atoms. The fraction of sp³-hybridized carbons (Fsp3) is 0.500. The molecule has 0 bridgehead atoms. The molecule has 1 aromatic rings. The summed E-state index contributed by atoms with van der Waals surface area (Å²) in [6.07, 6.45) is 0. The molecule has 0 unspecified atom stereocenters. The number of aliphatic imine (C=N–C) groups is 1. The number of hydrogen-bond acceptors (Lipinski definition) is 2. The number of para-hydroxylation sites is 1. The molecule has 2 heteroatoms. The smallest absolute Gasteiger partial charge is 0.194 e. The molecule has 0 aliphatic carbocycles. The molecule has 2 rings (SSSR count). The molecule has 1 heterocycles. The summed E-state index contributed by atoms with van der Waals surface area (Å²) in [5, 5.41) is 0. The van der Waals surface area contributed by atoms with E-state index in [4.69, 9.17) is 4.74 Å². The first kappa shape index (κ1) is 11.2. The zero-order chi connectivity index (χ0) is 12.0. The summed E-state index contributed by atoms with van der Waals surface area (Å²) in [5.74, 6) is 0.816. The van der Waals surface area contributed by atoms with Crippen molar-refractivity contribution in [2.24, 2.45) is 10.4 Å². The molecular weight excluding hydrogens is 198 g/mol. The van der Waals surface area contributed by atoms with Crippen LogP contribution in [-0.4, -0.2) is 5.90 Å². The number of nitrogens with zero attached hydrogens (tertiary/aromatic N) is 1.